The Morgan fingerprint density at radius 2 is 1.88 bits per heavy atom. The van der Waals surface area contributed by atoms with Gasteiger partial charge in [-0.05, 0) is 51.5 Å². The van der Waals surface area contributed by atoms with Crippen molar-refractivity contribution < 1.29 is 4.79 Å². The van der Waals surface area contributed by atoms with E-state index in [9.17, 15) is 4.79 Å². The molecule has 0 fully saturated rings. The summed E-state index contributed by atoms with van der Waals surface area (Å²) in [6.45, 7) is 8.84. The Labute approximate surface area is 147 Å². The number of hydrogen-bond acceptors (Lipinski definition) is 3. The van der Waals surface area contributed by atoms with E-state index in [1.165, 1.54) is 0 Å². The second-order valence-electron chi connectivity index (χ2n) is 5.96. The van der Waals surface area contributed by atoms with Crippen molar-refractivity contribution in [2.45, 2.75) is 40.7 Å². The zero-order chi connectivity index (χ0) is 18.0. The fourth-order valence-corrected chi connectivity index (χ4v) is 2.91. The summed E-state index contributed by atoms with van der Waals surface area (Å²) in [5.74, 6) is -0.126. The minimum atomic E-state index is -0.126. The summed E-state index contributed by atoms with van der Waals surface area (Å²) in [6.07, 6.45) is 4.23. The van der Waals surface area contributed by atoms with Crippen LogP contribution in [0, 0.1) is 13.8 Å². The van der Waals surface area contributed by atoms with Gasteiger partial charge < -0.3 is 9.88 Å². The normalized spacial score (nSPS) is 10.9. The molecule has 0 aliphatic rings. The molecule has 130 valence electrons. The zero-order valence-electron chi connectivity index (χ0n) is 15.1. The zero-order valence-corrected chi connectivity index (χ0v) is 15.1. The van der Waals surface area contributed by atoms with Crippen LogP contribution in [0.2, 0.25) is 0 Å². The number of imidazole rings is 1. The predicted molar refractivity (Wildman–Crippen MR) is 98.3 cm³/mol. The molecule has 1 aromatic carbocycles. The predicted octanol–water partition coefficient (Wildman–Crippen LogP) is 3.52. The van der Waals surface area contributed by atoms with E-state index in [0.717, 1.165) is 41.4 Å². The minimum absolute atomic E-state index is 0.126. The number of benzene rings is 1. The van der Waals surface area contributed by atoms with Gasteiger partial charge >= 0.3 is 0 Å². The summed E-state index contributed by atoms with van der Waals surface area (Å²) >= 11 is 0. The number of nitrogens with zero attached hydrogens (tertiary/aromatic N) is 4. The first-order chi connectivity index (χ1) is 12.0. The highest BCUT2D eigenvalue weighted by atomic mass is 16.1. The number of amides is 1. The summed E-state index contributed by atoms with van der Waals surface area (Å²) in [4.78, 5) is 16.9. The highest BCUT2D eigenvalue weighted by Gasteiger charge is 2.15. The Hall–Kier alpha value is -2.89. The molecule has 0 aliphatic heterocycles. The van der Waals surface area contributed by atoms with Gasteiger partial charge in [0.1, 0.15) is 0 Å². The van der Waals surface area contributed by atoms with E-state index >= 15 is 0 Å². The molecule has 3 rings (SSSR count). The summed E-state index contributed by atoms with van der Waals surface area (Å²) in [5.41, 5.74) is 5.49. The van der Waals surface area contributed by atoms with Crippen molar-refractivity contribution in [1.29, 1.82) is 0 Å². The van der Waals surface area contributed by atoms with E-state index in [-0.39, 0.29) is 5.91 Å². The van der Waals surface area contributed by atoms with E-state index < -0.39 is 0 Å². The van der Waals surface area contributed by atoms with Crippen LogP contribution in [0.4, 0.5) is 5.69 Å². The van der Waals surface area contributed by atoms with E-state index in [1.807, 2.05) is 67.5 Å². The van der Waals surface area contributed by atoms with Gasteiger partial charge in [-0.2, -0.15) is 5.10 Å². The number of rotatable bonds is 5. The van der Waals surface area contributed by atoms with Crippen LogP contribution in [0.5, 0.6) is 0 Å². The van der Waals surface area contributed by atoms with Crippen LogP contribution in [0.3, 0.4) is 0 Å². The van der Waals surface area contributed by atoms with Gasteiger partial charge in [0.25, 0.3) is 5.91 Å². The third-order valence-electron chi connectivity index (χ3n) is 4.48. The first-order valence-electron chi connectivity index (χ1n) is 8.52. The smallest absolute Gasteiger partial charge is 0.259 e. The van der Waals surface area contributed by atoms with Gasteiger partial charge in [0.2, 0.25) is 0 Å². The third kappa shape index (κ3) is 3.20. The van der Waals surface area contributed by atoms with Crippen LogP contribution in [0.15, 0.2) is 36.8 Å². The van der Waals surface area contributed by atoms with E-state index in [4.69, 9.17) is 0 Å². The number of aryl methyl sites for hydroxylation is 2. The standard InChI is InChI=1S/C19H23N5O/c1-5-18-17(11-21-24(18)6-2)19(25)22-15-7-9-16(10-8-15)23-12-20-13(3)14(23)4/h7-12H,5-6H2,1-4H3,(H,22,25). The summed E-state index contributed by atoms with van der Waals surface area (Å²) < 4.78 is 3.89. The maximum absolute atomic E-state index is 12.6. The monoisotopic (exact) mass is 337 g/mol. The minimum Gasteiger partial charge on any atom is -0.322 e. The first-order valence-corrected chi connectivity index (χ1v) is 8.52. The SMILES string of the molecule is CCc1c(C(=O)Nc2ccc(-n3cnc(C)c3C)cc2)cnn1CC. The molecule has 0 spiro atoms. The maximum Gasteiger partial charge on any atom is 0.259 e. The molecule has 1 N–H and O–H groups in total. The Morgan fingerprint density at radius 1 is 1.16 bits per heavy atom. The fraction of sp³-hybridized carbons (Fsp3) is 0.316. The number of carbonyl (C=O) groups is 1. The third-order valence-corrected chi connectivity index (χ3v) is 4.48. The molecular formula is C19H23N5O. The van der Waals surface area contributed by atoms with Crippen molar-refractivity contribution in [2.24, 2.45) is 0 Å². The van der Waals surface area contributed by atoms with Crippen LogP contribution in [-0.2, 0) is 13.0 Å². The highest BCUT2D eigenvalue weighted by molar-refractivity contribution is 6.05. The average molecular weight is 337 g/mol. The van der Waals surface area contributed by atoms with Gasteiger partial charge in [0.05, 0.1) is 29.5 Å². The molecule has 0 saturated carbocycles. The molecule has 0 saturated heterocycles. The van der Waals surface area contributed by atoms with Crippen molar-refractivity contribution in [2.75, 3.05) is 5.32 Å². The lowest BCUT2D eigenvalue weighted by Gasteiger charge is -2.09. The largest absolute Gasteiger partial charge is 0.322 e. The van der Waals surface area contributed by atoms with Crippen molar-refractivity contribution in [3.8, 4) is 5.69 Å². The van der Waals surface area contributed by atoms with Crippen LogP contribution in [-0.4, -0.2) is 25.2 Å². The quantitative estimate of drug-likeness (QED) is 0.775. The van der Waals surface area contributed by atoms with E-state index in [1.54, 1.807) is 6.20 Å². The number of nitrogens with one attached hydrogen (secondary N) is 1. The molecular weight excluding hydrogens is 314 g/mol. The number of aromatic nitrogens is 4. The average Bonchev–Trinajstić information content (AvgIpc) is 3.19. The van der Waals surface area contributed by atoms with Gasteiger partial charge in [-0.1, -0.05) is 6.92 Å². The summed E-state index contributed by atoms with van der Waals surface area (Å²) in [7, 11) is 0. The Morgan fingerprint density at radius 3 is 2.44 bits per heavy atom. The van der Waals surface area contributed by atoms with Gasteiger partial charge in [-0.15, -0.1) is 0 Å². The van der Waals surface area contributed by atoms with Crippen molar-refractivity contribution >= 4 is 11.6 Å². The molecule has 2 heterocycles. The van der Waals surface area contributed by atoms with Crippen molar-refractivity contribution in [3.63, 3.8) is 0 Å². The van der Waals surface area contributed by atoms with Crippen LogP contribution < -0.4 is 5.32 Å². The van der Waals surface area contributed by atoms with Crippen LogP contribution >= 0.6 is 0 Å². The number of hydrogen-bond donors (Lipinski definition) is 1. The topological polar surface area (TPSA) is 64.7 Å². The van der Waals surface area contributed by atoms with Gasteiger partial charge in [-0.3, -0.25) is 9.48 Å². The molecule has 25 heavy (non-hydrogen) atoms. The molecule has 0 bridgehead atoms. The molecule has 0 atom stereocenters. The van der Waals surface area contributed by atoms with Crippen molar-refractivity contribution in [1.82, 2.24) is 19.3 Å². The van der Waals surface area contributed by atoms with Crippen LogP contribution in [0.1, 0.15) is 41.3 Å². The van der Waals surface area contributed by atoms with Crippen molar-refractivity contribution in [3.05, 3.63) is 59.4 Å². The Kier molecular flexibility index (Phi) is 4.70. The summed E-state index contributed by atoms with van der Waals surface area (Å²) in [5, 5.41) is 7.23. The highest BCUT2D eigenvalue weighted by Crippen LogP contribution is 2.18. The fourth-order valence-electron chi connectivity index (χ4n) is 2.91. The van der Waals surface area contributed by atoms with Gasteiger partial charge in [0.15, 0.2) is 0 Å². The number of anilines is 1. The van der Waals surface area contributed by atoms with Gasteiger partial charge in [0, 0.05) is 23.6 Å². The second kappa shape index (κ2) is 6.93. The molecule has 6 heteroatoms. The molecule has 2 aromatic heterocycles. The molecule has 0 aliphatic carbocycles. The molecule has 3 aromatic rings. The van der Waals surface area contributed by atoms with Crippen LogP contribution in [0.25, 0.3) is 5.69 Å². The molecule has 0 unspecified atom stereocenters. The molecule has 6 nitrogen and oxygen atoms in total. The molecule has 0 radical (unpaired) electrons. The second-order valence-corrected chi connectivity index (χ2v) is 5.96. The molecule has 1 amide bonds. The maximum atomic E-state index is 12.6. The number of carbonyl (C=O) groups excluding carboxylic acids is 1. The Balaban J connectivity index is 1.79. The van der Waals surface area contributed by atoms with Gasteiger partial charge in [-0.25, -0.2) is 4.98 Å². The summed E-state index contributed by atoms with van der Waals surface area (Å²) in [6, 6.07) is 7.75. The van der Waals surface area contributed by atoms with E-state index in [2.05, 4.69) is 15.4 Å². The lowest BCUT2D eigenvalue weighted by atomic mass is 10.2. The first kappa shape index (κ1) is 17.0. The lowest BCUT2D eigenvalue weighted by Crippen LogP contribution is -2.14. The van der Waals surface area contributed by atoms with E-state index in [0.29, 0.717) is 5.56 Å². The lowest BCUT2D eigenvalue weighted by molar-refractivity contribution is 0.102. The Bertz CT molecular complexity index is 889.